The van der Waals surface area contributed by atoms with E-state index in [4.69, 9.17) is 0 Å². The number of nitrogens with zero attached hydrogens (tertiary/aromatic N) is 3. The quantitative estimate of drug-likeness (QED) is 0.761. The minimum absolute atomic E-state index is 0.128. The number of fused-ring (bicyclic) bond motifs is 1. The largest absolute Gasteiger partial charge is 0.352 e. The molecule has 1 fully saturated rings. The maximum Gasteiger partial charge on any atom is 0.283 e. The maximum absolute atomic E-state index is 13.9. The highest BCUT2D eigenvalue weighted by Gasteiger charge is 2.26. The van der Waals surface area contributed by atoms with Gasteiger partial charge in [0.15, 0.2) is 5.82 Å². The van der Waals surface area contributed by atoms with Crippen molar-refractivity contribution in [3.05, 3.63) is 53.8 Å². The van der Waals surface area contributed by atoms with E-state index in [1.807, 2.05) is 11.8 Å². The van der Waals surface area contributed by atoms with Crippen molar-refractivity contribution in [1.82, 2.24) is 14.5 Å². The maximum atomic E-state index is 13.9. The van der Waals surface area contributed by atoms with Crippen molar-refractivity contribution in [3.8, 4) is 0 Å². The molecule has 2 heterocycles. The first kappa shape index (κ1) is 17.0. The monoisotopic (exact) mass is 374 g/mol. The van der Waals surface area contributed by atoms with Crippen LogP contribution in [0.4, 0.5) is 10.2 Å². The summed E-state index contributed by atoms with van der Waals surface area (Å²) in [7, 11) is -3.92. The lowest BCUT2D eigenvalue weighted by Crippen LogP contribution is -2.43. The third-order valence-electron chi connectivity index (χ3n) is 4.56. The van der Waals surface area contributed by atoms with E-state index in [0.717, 1.165) is 22.7 Å². The van der Waals surface area contributed by atoms with Crippen molar-refractivity contribution in [2.24, 2.45) is 0 Å². The van der Waals surface area contributed by atoms with E-state index >= 15 is 0 Å². The number of benzene rings is 2. The second-order valence-corrected chi connectivity index (χ2v) is 8.15. The topological polar surface area (TPSA) is 67.2 Å². The van der Waals surface area contributed by atoms with E-state index in [9.17, 15) is 12.8 Å². The smallest absolute Gasteiger partial charge is 0.283 e. The van der Waals surface area contributed by atoms with Gasteiger partial charge in [0.05, 0.1) is 10.4 Å². The number of nitrogens with one attached hydrogen (secondary N) is 1. The number of halogens is 1. The normalized spacial score (nSPS) is 15.5. The first-order valence-electron chi connectivity index (χ1n) is 8.43. The number of anilines is 1. The van der Waals surface area contributed by atoms with Gasteiger partial charge in [0.25, 0.3) is 10.0 Å². The van der Waals surface area contributed by atoms with Crippen LogP contribution in [0.1, 0.15) is 5.56 Å². The van der Waals surface area contributed by atoms with Crippen molar-refractivity contribution in [2.45, 2.75) is 11.8 Å². The van der Waals surface area contributed by atoms with Gasteiger partial charge < -0.3 is 10.2 Å². The average molecular weight is 374 g/mol. The molecule has 6 nitrogen and oxygen atoms in total. The van der Waals surface area contributed by atoms with Crippen molar-refractivity contribution in [1.29, 1.82) is 0 Å². The molecule has 1 aliphatic rings. The van der Waals surface area contributed by atoms with Crippen LogP contribution in [0.5, 0.6) is 0 Å². The molecule has 0 unspecified atom stereocenters. The molecule has 136 valence electrons. The average Bonchev–Trinajstić information content (AvgIpc) is 3.02. The van der Waals surface area contributed by atoms with Crippen LogP contribution >= 0.6 is 0 Å². The number of piperazine rings is 1. The van der Waals surface area contributed by atoms with Gasteiger partial charge in [-0.05, 0) is 31.2 Å². The summed E-state index contributed by atoms with van der Waals surface area (Å²) in [5, 5.41) is 8.27. The molecule has 0 spiro atoms. The number of rotatable bonds is 3. The van der Waals surface area contributed by atoms with Crippen molar-refractivity contribution in [3.63, 3.8) is 0 Å². The molecule has 0 aliphatic carbocycles. The summed E-state index contributed by atoms with van der Waals surface area (Å²) in [6, 6.07) is 10.7. The summed E-state index contributed by atoms with van der Waals surface area (Å²) in [4.78, 5) is 2.15. The van der Waals surface area contributed by atoms with Crippen LogP contribution in [-0.4, -0.2) is 43.8 Å². The SMILES string of the molecule is Cc1ccc(S(=O)(=O)n2nc(N3CCNCC3)c3ccc(F)cc32)cc1. The van der Waals surface area contributed by atoms with Gasteiger partial charge in [-0.2, -0.15) is 12.5 Å². The highest BCUT2D eigenvalue weighted by molar-refractivity contribution is 7.90. The fraction of sp³-hybridized carbons (Fsp3) is 0.278. The van der Waals surface area contributed by atoms with Gasteiger partial charge in [-0.3, -0.25) is 0 Å². The van der Waals surface area contributed by atoms with Gasteiger partial charge in [-0.25, -0.2) is 4.39 Å². The number of hydrogen-bond acceptors (Lipinski definition) is 5. The van der Waals surface area contributed by atoms with E-state index in [1.165, 1.54) is 12.1 Å². The summed E-state index contributed by atoms with van der Waals surface area (Å²) >= 11 is 0. The zero-order valence-corrected chi connectivity index (χ0v) is 15.1. The zero-order valence-electron chi connectivity index (χ0n) is 14.3. The Morgan fingerprint density at radius 1 is 1.08 bits per heavy atom. The Morgan fingerprint density at radius 2 is 1.77 bits per heavy atom. The Kier molecular flexibility index (Phi) is 4.16. The predicted octanol–water partition coefficient (Wildman–Crippen LogP) is 2.13. The molecule has 1 saturated heterocycles. The van der Waals surface area contributed by atoms with E-state index in [-0.39, 0.29) is 10.4 Å². The van der Waals surface area contributed by atoms with Crippen molar-refractivity contribution in [2.75, 3.05) is 31.1 Å². The molecule has 4 rings (SSSR count). The van der Waals surface area contributed by atoms with Crippen LogP contribution in [0.25, 0.3) is 10.9 Å². The zero-order chi connectivity index (χ0) is 18.3. The van der Waals surface area contributed by atoms with Gasteiger partial charge in [0, 0.05) is 37.6 Å². The number of hydrogen-bond donors (Lipinski definition) is 1. The molecule has 0 atom stereocenters. The molecule has 0 radical (unpaired) electrons. The van der Waals surface area contributed by atoms with E-state index in [2.05, 4.69) is 10.4 Å². The molecular formula is C18H19FN4O2S. The predicted molar refractivity (Wildman–Crippen MR) is 98.5 cm³/mol. The van der Waals surface area contributed by atoms with Crippen LogP contribution in [0.15, 0.2) is 47.4 Å². The molecule has 3 aromatic rings. The van der Waals surface area contributed by atoms with E-state index < -0.39 is 15.8 Å². The first-order valence-corrected chi connectivity index (χ1v) is 9.87. The van der Waals surface area contributed by atoms with Crippen molar-refractivity contribution < 1.29 is 12.8 Å². The summed E-state index contributed by atoms with van der Waals surface area (Å²) in [5.74, 6) is 0.0711. The molecule has 26 heavy (non-hydrogen) atoms. The summed E-state index contributed by atoms with van der Waals surface area (Å²) in [5.41, 5.74) is 1.21. The fourth-order valence-electron chi connectivity index (χ4n) is 3.15. The van der Waals surface area contributed by atoms with Gasteiger partial charge in [0.2, 0.25) is 0 Å². The first-order chi connectivity index (χ1) is 12.5. The summed E-state index contributed by atoms with van der Waals surface area (Å²) in [6.07, 6.45) is 0. The fourth-order valence-corrected chi connectivity index (χ4v) is 4.42. The molecule has 0 amide bonds. The lowest BCUT2D eigenvalue weighted by Gasteiger charge is -2.27. The second-order valence-electron chi connectivity index (χ2n) is 6.38. The van der Waals surface area contributed by atoms with Crippen molar-refractivity contribution >= 4 is 26.7 Å². The summed E-state index contributed by atoms with van der Waals surface area (Å²) in [6.45, 7) is 4.90. The molecule has 1 aliphatic heterocycles. The Morgan fingerprint density at radius 3 is 2.46 bits per heavy atom. The molecule has 1 N–H and O–H groups in total. The molecule has 1 aromatic heterocycles. The lowest BCUT2D eigenvalue weighted by atomic mass is 10.2. The van der Waals surface area contributed by atoms with Crippen LogP contribution in [0.2, 0.25) is 0 Å². The number of aromatic nitrogens is 2. The standard InChI is InChI=1S/C18H19FN4O2S/c1-13-2-5-15(6-3-13)26(24,25)23-17-12-14(19)4-7-16(17)18(21-23)22-10-8-20-9-11-22/h2-7,12,20H,8-11H2,1H3. The lowest BCUT2D eigenvalue weighted by molar-refractivity contribution is 0.574. The highest BCUT2D eigenvalue weighted by atomic mass is 32.2. The third kappa shape index (κ3) is 2.85. The summed E-state index contributed by atoms with van der Waals surface area (Å²) < 4.78 is 41.0. The van der Waals surface area contributed by atoms with Gasteiger partial charge in [-0.15, -0.1) is 5.10 Å². The highest BCUT2D eigenvalue weighted by Crippen LogP contribution is 2.30. The Bertz CT molecular complexity index is 1050. The minimum atomic E-state index is -3.92. The Hall–Kier alpha value is -2.45. The van der Waals surface area contributed by atoms with Gasteiger partial charge in [-0.1, -0.05) is 17.7 Å². The molecule has 0 bridgehead atoms. The Labute approximate surface area is 151 Å². The van der Waals surface area contributed by atoms with Crippen LogP contribution < -0.4 is 10.2 Å². The van der Waals surface area contributed by atoms with E-state index in [1.54, 1.807) is 30.3 Å². The molecule has 8 heteroatoms. The molecule has 0 saturated carbocycles. The van der Waals surface area contributed by atoms with Gasteiger partial charge >= 0.3 is 0 Å². The molecule has 2 aromatic carbocycles. The molecular weight excluding hydrogens is 355 g/mol. The number of aryl methyl sites for hydroxylation is 1. The van der Waals surface area contributed by atoms with Crippen LogP contribution in [0, 0.1) is 12.7 Å². The minimum Gasteiger partial charge on any atom is -0.352 e. The van der Waals surface area contributed by atoms with Crippen LogP contribution in [-0.2, 0) is 10.0 Å². The Balaban J connectivity index is 1.91. The van der Waals surface area contributed by atoms with E-state index in [0.29, 0.717) is 24.3 Å². The van der Waals surface area contributed by atoms with Crippen LogP contribution in [0.3, 0.4) is 0 Å². The third-order valence-corrected chi connectivity index (χ3v) is 6.16. The second kappa shape index (κ2) is 6.37. The van der Waals surface area contributed by atoms with Gasteiger partial charge in [0.1, 0.15) is 5.82 Å².